The summed E-state index contributed by atoms with van der Waals surface area (Å²) in [5, 5.41) is 0. The maximum Gasteiger partial charge on any atom is 0.303 e. The first-order chi connectivity index (χ1) is 5.91. The van der Waals surface area contributed by atoms with Gasteiger partial charge in [0.15, 0.2) is 5.82 Å². The van der Waals surface area contributed by atoms with Gasteiger partial charge in [-0.25, -0.2) is 9.97 Å². The van der Waals surface area contributed by atoms with Gasteiger partial charge in [0, 0.05) is 18.8 Å². The second-order valence-corrected chi connectivity index (χ2v) is 3.35. The van der Waals surface area contributed by atoms with Gasteiger partial charge in [-0.15, -0.1) is 0 Å². The van der Waals surface area contributed by atoms with Crippen LogP contribution >= 0.6 is 0 Å². The SMILES string of the molecule is CC(C)c1ccnc(C(C)(F)F)n1. The highest BCUT2D eigenvalue weighted by molar-refractivity contribution is 5.08. The molecule has 2 nitrogen and oxygen atoms in total. The third-order valence-electron chi connectivity index (χ3n) is 1.66. The molecule has 0 unspecified atom stereocenters. The Labute approximate surface area is 76.0 Å². The van der Waals surface area contributed by atoms with Gasteiger partial charge in [-0.2, -0.15) is 8.78 Å². The van der Waals surface area contributed by atoms with Crippen molar-refractivity contribution in [2.24, 2.45) is 0 Å². The number of hydrogen-bond acceptors (Lipinski definition) is 2. The quantitative estimate of drug-likeness (QED) is 0.709. The maximum atomic E-state index is 12.8. The molecule has 13 heavy (non-hydrogen) atoms. The first-order valence-electron chi connectivity index (χ1n) is 4.12. The molecule has 1 rings (SSSR count). The van der Waals surface area contributed by atoms with Crippen LogP contribution in [0.3, 0.4) is 0 Å². The first kappa shape index (κ1) is 10.0. The molecule has 0 saturated heterocycles. The summed E-state index contributed by atoms with van der Waals surface area (Å²) in [7, 11) is 0. The molecule has 0 N–H and O–H groups in total. The van der Waals surface area contributed by atoms with E-state index in [2.05, 4.69) is 9.97 Å². The van der Waals surface area contributed by atoms with E-state index >= 15 is 0 Å². The number of rotatable bonds is 2. The Kier molecular flexibility index (Phi) is 2.59. The van der Waals surface area contributed by atoms with Gasteiger partial charge in [0.05, 0.1) is 0 Å². The highest BCUT2D eigenvalue weighted by Crippen LogP contribution is 2.24. The average molecular weight is 186 g/mol. The number of alkyl halides is 2. The van der Waals surface area contributed by atoms with E-state index in [9.17, 15) is 8.78 Å². The summed E-state index contributed by atoms with van der Waals surface area (Å²) in [6.45, 7) is 4.60. The van der Waals surface area contributed by atoms with Crippen molar-refractivity contribution in [3.63, 3.8) is 0 Å². The molecule has 72 valence electrons. The molecule has 0 aliphatic rings. The van der Waals surface area contributed by atoms with Gasteiger partial charge in [-0.1, -0.05) is 13.8 Å². The van der Waals surface area contributed by atoms with Gasteiger partial charge in [-0.3, -0.25) is 0 Å². The Hall–Kier alpha value is -1.06. The third-order valence-corrected chi connectivity index (χ3v) is 1.66. The fraction of sp³-hybridized carbons (Fsp3) is 0.556. The molecule has 1 aromatic heterocycles. The molecule has 0 aliphatic heterocycles. The Balaban J connectivity index is 3.06. The van der Waals surface area contributed by atoms with E-state index in [0.29, 0.717) is 5.69 Å². The van der Waals surface area contributed by atoms with Gasteiger partial charge < -0.3 is 0 Å². The minimum atomic E-state index is -2.95. The molecule has 1 aromatic rings. The molecule has 0 spiro atoms. The van der Waals surface area contributed by atoms with Crippen LogP contribution in [0.15, 0.2) is 12.3 Å². The van der Waals surface area contributed by atoms with E-state index in [4.69, 9.17) is 0 Å². The molecule has 0 bridgehead atoms. The summed E-state index contributed by atoms with van der Waals surface area (Å²) in [4.78, 5) is 7.31. The van der Waals surface area contributed by atoms with E-state index in [-0.39, 0.29) is 5.92 Å². The van der Waals surface area contributed by atoms with Crippen LogP contribution in [0.2, 0.25) is 0 Å². The Morgan fingerprint density at radius 2 is 2.00 bits per heavy atom. The Bertz CT molecular complexity index is 292. The summed E-state index contributed by atoms with van der Waals surface area (Å²) in [6.07, 6.45) is 1.37. The predicted molar refractivity (Wildman–Crippen MR) is 45.7 cm³/mol. The lowest BCUT2D eigenvalue weighted by molar-refractivity contribution is 0.00740. The molecular weight excluding hydrogens is 174 g/mol. The molecule has 4 heteroatoms. The molecule has 1 heterocycles. The Morgan fingerprint density at radius 3 is 2.46 bits per heavy atom. The monoisotopic (exact) mass is 186 g/mol. The molecule has 0 fully saturated rings. The summed E-state index contributed by atoms with van der Waals surface area (Å²) in [6, 6.07) is 1.65. The lowest BCUT2D eigenvalue weighted by Gasteiger charge is -2.10. The first-order valence-corrected chi connectivity index (χ1v) is 4.12. The lowest BCUT2D eigenvalue weighted by atomic mass is 10.1. The highest BCUT2D eigenvalue weighted by Gasteiger charge is 2.28. The van der Waals surface area contributed by atoms with Crippen molar-refractivity contribution < 1.29 is 8.78 Å². The van der Waals surface area contributed by atoms with Crippen LogP contribution in [0.4, 0.5) is 8.78 Å². The van der Waals surface area contributed by atoms with Crippen LogP contribution in [0.1, 0.15) is 38.2 Å². The largest absolute Gasteiger partial charge is 0.303 e. The second kappa shape index (κ2) is 3.36. The minimum absolute atomic E-state index is 0.143. The topological polar surface area (TPSA) is 25.8 Å². The molecule has 0 amide bonds. The van der Waals surface area contributed by atoms with Crippen LogP contribution in [0.25, 0.3) is 0 Å². The van der Waals surface area contributed by atoms with Crippen molar-refractivity contribution in [1.82, 2.24) is 9.97 Å². The van der Waals surface area contributed by atoms with Gasteiger partial charge in [-0.05, 0) is 12.0 Å². The second-order valence-electron chi connectivity index (χ2n) is 3.35. The summed E-state index contributed by atoms with van der Waals surface area (Å²) >= 11 is 0. The van der Waals surface area contributed by atoms with E-state index in [0.717, 1.165) is 6.92 Å². The van der Waals surface area contributed by atoms with Crippen LogP contribution in [-0.2, 0) is 5.92 Å². The zero-order valence-corrected chi connectivity index (χ0v) is 7.88. The van der Waals surface area contributed by atoms with E-state index in [1.54, 1.807) is 6.07 Å². The van der Waals surface area contributed by atoms with Gasteiger partial charge in [0.25, 0.3) is 0 Å². The van der Waals surface area contributed by atoms with Crippen LogP contribution < -0.4 is 0 Å². The molecule has 0 aliphatic carbocycles. The zero-order chi connectivity index (χ0) is 10.1. The zero-order valence-electron chi connectivity index (χ0n) is 7.88. The van der Waals surface area contributed by atoms with Crippen LogP contribution in [0, 0.1) is 0 Å². The van der Waals surface area contributed by atoms with E-state index < -0.39 is 11.7 Å². The van der Waals surface area contributed by atoms with Gasteiger partial charge in [0.2, 0.25) is 0 Å². The van der Waals surface area contributed by atoms with Crippen molar-refractivity contribution in [3.8, 4) is 0 Å². The summed E-state index contributed by atoms with van der Waals surface area (Å²) in [5.41, 5.74) is 0.645. The van der Waals surface area contributed by atoms with Gasteiger partial charge in [0.1, 0.15) is 0 Å². The highest BCUT2D eigenvalue weighted by atomic mass is 19.3. The molecule has 0 radical (unpaired) electrons. The van der Waals surface area contributed by atoms with Gasteiger partial charge >= 0.3 is 5.92 Å². The van der Waals surface area contributed by atoms with Crippen molar-refractivity contribution in [2.75, 3.05) is 0 Å². The van der Waals surface area contributed by atoms with E-state index in [1.165, 1.54) is 6.20 Å². The normalized spacial score (nSPS) is 12.2. The van der Waals surface area contributed by atoms with Crippen molar-refractivity contribution in [2.45, 2.75) is 32.6 Å². The number of halogens is 2. The number of aromatic nitrogens is 2. The minimum Gasteiger partial charge on any atom is -0.236 e. The molecular formula is C9H12F2N2. The maximum absolute atomic E-state index is 12.8. The van der Waals surface area contributed by atoms with Crippen LogP contribution in [0.5, 0.6) is 0 Å². The third kappa shape index (κ3) is 2.44. The predicted octanol–water partition coefficient (Wildman–Crippen LogP) is 2.71. The van der Waals surface area contributed by atoms with Crippen molar-refractivity contribution in [1.29, 1.82) is 0 Å². The molecule has 0 saturated carbocycles. The summed E-state index contributed by atoms with van der Waals surface area (Å²) < 4.78 is 25.5. The van der Waals surface area contributed by atoms with Crippen molar-refractivity contribution >= 4 is 0 Å². The molecule has 0 aromatic carbocycles. The smallest absolute Gasteiger partial charge is 0.236 e. The fourth-order valence-corrected chi connectivity index (χ4v) is 0.906. The molecule has 0 atom stereocenters. The van der Waals surface area contributed by atoms with E-state index in [1.807, 2.05) is 13.8 Å². The average Bonchev–Trinajstić information content (AvgIpc) is 2.03. The standard InChI is InChI=1S/C9H12F2N2/c1-6(2)7-4-5-12-8(13-7)9(3,10)11/h4-6H,1-3H3. The van der Waals surface area contributed by atoms with Crippen LogP contribution in [-0.4, -0.2) is 9.97 Å². The fourth-order valence-electron chi connectivity index (χ4n) is 0.906. The number of nitrogens with zero attached hydrogens (tertiary/aromatic N) is 2. The summed E-state index contributed by atoms with van der Waals surface area (Å²) in [5.74, 6) is -3.21. The lowest BCUT2D eigenvalue weighted by Crippen LogP contribution is -2.13. The Morgan fingerprint density at radius 1 is 1.38 bits per heavy atom. The number of hydrogen-bond donors (Lipinski definition) is 0. The van der Waals surface area contributed by atoms with Crippen molar-refractivity contribution in [3.05, 3.63) is 23.8 Å².